The summed E-state index contributed by atoms with van der Waals surface area (Å²) >= 11 is 0. The topological polar surface area (TPSA) is 49.8 Å². The lowest BCUT2D eigenvalue weighted by Crippen LogP contribution is -2.48. The summed E-state index contributed by atoms with van der Waals surface area (Å²) < 4.78 is 19.5. The number of rotatable bonds is 2. The lowest BCUT2D eigenvalue weighted by Gasteiger charge is -2.37. The van der Waals surface area contributed by atoms with Crippen LogP contribution in [-0.4, -0.2) is 34.3 Å². The Morgan fingerprint density at radius 2 is 2.00 bits per heavy atom. The van der Waals surface area contributed by atoms with Crippen LogP contribution in [0.3, 0.4) is 0 Å². The van der Waals surface area contributed by atoms with E-state index in [-0.39, 0.29) is 29.8 Å². The van der Waals surface area contributed by atoms with Crippen molar-refractivity contribution < 1.29 is 19.0 Å². The van der Waals surface area contributed by atoms with Crippen molar-refractivity contribution in [2.75, 3.05) is 0 Å². The maximum Gasteiger partial charge on any atom is 0.407 e. The van der Waals surface area contributed by atoms with Crippen LogP contribution >= 0.6 is 0 Å². The number of halogens is 1. The van der Waals surface area contributed by atoms with Gasteiger partial charge in [0.05, 0.1) is 0 Å². The molecule has 0 aromatic heterocycles. The zero-order valence-corrected chi connectivity index (χ0v) is 11.4. The third-order valence-corrected chi connectivity index (χ3v) is 4.29. The molecule has 2 aliphatic rings. The van der Waals surface area contributed by atoms with Crippen LogP contribution in [0, 0.1) is 12.7 Å². The molecule has 1 aromatic carbocycles. The quantitative estimate of drug-likeness (QED) is 0.904. The highest BCUT2D eigenvalue weighted by Gasteiger charge is 2.44. The number of carboxylic acid groups (broad SMARTS) is 1. The molecule has 0 spiro atoms. The SMILES string of the molecule is Cc1ccc(OC2C[C@H]3CC[C@@H](C2)N3C(=O)O)c(F)c1. The number of piperidine rings is 1. The van der Waals surface area contributed by atoms with E-state index in [0.29, 0.717) is 12.8 Å². The predicted octanol–water partition coefficient (Wildman–Crippen LogP) is 3.19. The molecule has 0 saturated carbocycles. The van der Waals surface area contributed by atoms with Gasteiger partial charge >= 0.3 is 6.09 Å². The van der Waals surface area contributed by atoms with Crippen LogP contribution in [0.2, 0.25) is 0 Å². The minimum Gasteiger partial charge on any atom is -0.487 e. The number of hydrogen-bond donors (Lipinski definition) is 1. The summed E-state index contributed by atoms with van der Waals surface area (Å²) in [5, 5.41) is 9.19. The molecule has 5 heteroatoms. The molecule has 108 valence electrons. The number of nitrogens with zero attached hydrogens (tertiary/aromatic N) is 1. The summed E-state index contributed by atoms with van der Waals surface area (Å²) in [6, 6.07) is 4.96. The molecule has 2 fully saturated rings. The Morgan fingerprint density at radius 1 is 1.35 bits per heavy atom. The second-order valence-corrected chi connectivity index (χ2v) is 5.72. The molecule has 2 heterocycles. The number of ether oxygens (including phenoxy) is 1. The largest absolute Gasteiger partial charge is 0.487 e. The van der Waals surface area contributed by atoms with Crippen molar-refractivity contribution in [3.8, 4) is 5.75 Å². The van der Waals surface area contributed by atoms with Gasteiger partial charge in [0, 0.05) is 24.9 Å². The molecule has 3 atom stereocenters. The molecule has 4 nitrogen and oxygen atoms in total. The van der Waals surface area contributed by atoms with Crippen molar-refractivity contribution in [2.45, 2.75) is 50.8 Å². The second kappa shape index (κ2) is 4.96. The summed E-state index contributed by atoms with van der Waals surface area (Å²) in [6.07, 6.45) is 2.12. The van der Waals surface area contributed by atoms with Crippen LogP contribution in [0.4, 0.5) is 9.18 Å². The molecule has 2 aliphatic heterocycles. The molecule has 2 bridgehead atoms. The molecule has 0 aliphatic carbocycles. The Kier molecular flexibility index (Phi) is 3.28. The van der Waals surface area contributed by atoms with Crippen LogP contribution < -0.4 is 4.74 Å². The van der Waals surface area contributed by atoms with Crippen molar-refractivity contribution in [3.63, 3.8) is 0 Å². The smallest absolute Gasteiger partial charge is 0.407 e. The molecule has 1 N–H and O–H groups in total. The van der Waals surface area contributed by atoms with Gasteiger partial charge in [-0.05, 0) is 37.5 Å². The van der Waals surface area contributed by atoms with Gasteiger partial charge in [-0.2, -0.15) is 0 Å². The predicted molar refractivity (Wildman–Crippen MR) is 71.5 cm³/mol. The Morgan fingerprint density at radius 3 is 2.55 bits per heavy atom. The summed E-state index contributed by atoms with van der Waals surface area (Å²) in [5.41, 5.74) is 0.857. The second-order valence-electron chi connectivity index (χ2n) is 5.72. The van der Waals surface area contributed by atoms with Crippen LogP contribution in [0.1, 0.15) is 31.2 Å². The molecule has 2 saturated heterocycles. The van der Waals surface area contributed by atoms with E-state index in [1.165, 1.54) is 6.07 Å². The van der Waals surface area contributed by atoms with Gasteiger partial charge in [0.25, 0.3) is 0 Å². The highest BCUT2D eigenvalue weighted by atomic mass is 19.1. The average molecular weight is 279 g/mol. The summed E-state index contributed by atoms with van der Waals surface area (Å²) in [4.78, 5) is 12.7. The Bertz CT molecular complexity index is 520. The standard InChI is InChI=1S/C15H18FNO3/c1-9-2-5-14(13(16)6-9)20-12-7-10-3-4-11(8-12)17(10)15(18)19/h2,5-6,10-12H,3-4,7-8H2,1H3,(H,18,19)/t10-,11+,12?. The molecule has 3 rings (SSSR count). The first-order valence-electron chi connectivity index (χ1n) is 6.98. The maximum absolute atomic E-state index is 13.8. The third-order valence-electron chi connectivity index (χ3n) is 4.29. The zero-order valence-electron chi connectivity index (χ0n) is 11.4. The van der Waals surface area contributed by atoms with Gasteiger partial charge in [-0.1, -0.05) is 6.07 Å². The number of benzene rings is 1. The Hall–Kier alpha value is -1.78. The number of hydrogen-bond acceptors (Lipinski definition) is 2. The van der Waals surface area contributed by atoms with Crippen LogP contribution in [0.15, 0.2) is 18.2 Å². The summed E-state index contributed by atoms with van der Waals surface area (Å²) in [7, 11) is 0. The van der Waals surface area contributed by atoms with E-state index in [1.54, 1.807) is 11.0 Å². The monoisotopic (exact) mass is 279 g/mol. The number of fused-ring (bicyclic) bond motifs is 2. The highest BCUT2D eigenvalue weighted by molar-refractivity contribution is 5.66. The molecule has 20 heavy (non-hydrogen) atoms. The third kappa shape index (κ3) is 2.32. The number of carbonyl (C=O) groups is 1. The minimum absolute atomic E-state index is 0.0183. The van der Waals surface area contributed by atoms with Crippen LogP contribution in [0.25, 0.3) is 0 Å². The Labute approximate surface area is 117 Å². The first kappa shape index (κ1) is 13.2. The molecular weight excluding hydrogens is 261 g/mol. The van der Waals surface area contributed by atoms with Gasteiger partial charge < -0.3 is 14.7 Å². The summed E-state index contributed by atoms with van der Waals surface area (Å²) in [5.74, 6) is -0.0817. The average Bonchev–Trinajstić information content (AvgIpc) is 2.65. The first-order valence-corrected chi connectivity index (χ1v) is 6.98. The van der Waals surface area contributed by atoms with Crippen LogP contribution in [0.5, 0.6) is 5.75 Å². The Balaban J connectivity index is 1.70. The van der Waals surface area contributed by atoms with Crippen molar-refractivity contribution in [1.82, 2.24) is 4.90 Å². The van der Waals surface area contributed by atoms with E-state index in [2.05, 4.69) is 0 Å². The maximum atomic E-state index is 13.8. The van der Waals surface area contributed by atoms with Gasteiger partial charge in [-0.15, -0.1) is 0 Å². The van der Waals surface area contributed by atoms with E-state index in [1.807, 2.05) is 13.0 Å². The van der Waals surface area contributed by atoms with E-state index < -0.39 is 6.09 Å². The normalized spacial score (nSPS) is 28.5. The zero-order chi connectivity index (χ0) is 14.3. The van der Waals surface area contributed by atoms with Gasteiger partial charge in [0.1, 0.15) is 6.10 Å². The van der Waals surface area contributed by atoms with Crippen molar-refractivity contribution in [2.24, 2.45) is 0 Å². The lowest BCUT2D eigenvalue weighted by molar-refractivity contribution is 0.0479. The molecule has 1 aromatic rings. The fourth-order valence-corrected chi connectivity index (χ4v) is 3.42. The van der Waals surface area contributed by atoms with E-state index >= 15 is 0 Å². The molecule has 0 radical (unpaired) electrons. The van der Waals surface area contributed by atoms with Crippen molar-refractivity contribution in [3.05, 3.63) is 29.6 Å². The molecule has 1 amide bonds. The van der Waals surface area contributed by atoms with Gasteiger partial charge in [-0.25, -0.2) is 9.18 Å². The number of amides is 1. The number of aryl methyl sites for hydroxylation is 1. The van der Waals surface area contributed by atoms with Gasteiger partial charge in [0.15, 0.2) is 11.6 Å². The van der Waals surface area contributed by atoms with Crippen molar-refractivity contribution >= 4 is 6.09 Å². The molecular formula is C15H18FNO3. The van der Waals surface area contributed by atoms with Gasteiger partial charge in [-0.3, -0.25) is 0 Å². The fraction of sp³-hybridized carbons (Fsp3) is 0.533. The van der Waals surface area contributed by atoms with Crippen molar-refractivity contribution in [1.29, 1.82) is 0 Å². The lowest BCUT2D eigenvalue weighted by atomic mass is 10.00. The highest BCUT2D eigenvalue weighted by Crippen LogP contribution is 2.37. The summed E-state index contributed by atoms with van der Waals surface area (Å²) in [6.45, 7) is 1.83. The van der Waals surface area contributed by atoms with Gasteiger partial charge in [0.2, 0.25) is 0 Å². The first-order chi connectivity index (χ1) is 9.54. The minimum atomic E-state index is -0.850. The van der Waals surface area contributed by atoms with E-state index in [9.17, 15) is 14.3 Å². The van der Waals surface area contributed by atoms with E-state index in [4.69, 9.17) is 4.74 Å². The molecule has 1 unspecified atom stereocenters. The van der Waals surface area contributed by atoms with E-state index in [0.717, 1.165) is 18.4 Å². The fourth-order valence-electron chi connectivity index (χ4n) is 3.42. The van der Waals surface area contributed by atoms with Crippen LogP contribution in [-0.2, 0) is 0 Å².